The van der Waals surface area contributed by atoms with E-state index < -0.39 is 0 Å². The molecule has 1 unspecified atom stereocenters. The summed E-state index contributed by atoms with van der Waals surface area (Å²) in [6, 6.07) is 0.690. The third-order valence-corrected chi connectivity index (χ3v) is 4.23. The lowest BCUT2D eigenvalue weighted by atomic mass is 9.85. The van der Waals surface area contributed by atoms with Crippen LogP contribution in [0.1, 0.15) is 66.2 Å². The maximum Gasteiger partial charge on any atom is 0.0436 e. The third-order valence-electron chi connectivity index (χ3n) is 4.23. The zero-order valence-corrected chi connectivity index (χ0v) is 12.2. The van der Waals surface area contributed by atoms with Gasteiger partial charge in [-0.2, -0.15) is 0 Å². The predicted molar refractivity (Wildman–Crippen MR) is 74.1 cm³/mol. The van der Waals surface area contributed by atoms with Crippen molar-refractivity contribution < 1.29 is 5.11 Å². The molecule has 1 saturated carbocycles. The fourth-order valence-corrected chi connectivity index (χ4v) is 2.68. The Hall–Kier alpha value is -0.0800. The first-order valence-electron chi connectivity index (χ1n) is 7.19. The van der Waals surface area contributed by atoms with Gasteiger partial charge >= 0.3 is 0 Å². The minimum absolute atomic E-state index is 0.219. The molecule has 1 aliphatic carbocycles. The van der Waals surface area contributed by atoms with E-state index in [1.54, 1.807) is 0 Å². The summed E-state index contributed by atoms with van der Waals surface area (Å²) in [4.78, 5) is 0. The van der Waals surface area contributed by atoms with Crippen LogP contribution in [0, 0.1) is 10.8 Å². The highest BCUT2D eigenvalue weighted by atomic mass is 16.3. The first kappa shape index (κ1) is 15.0. The molecule has 17 heavy (non-hydrogen) atoms. The quantitative estimate of drug-likeness (QED) is 0.724. The van der Waals surface area contributed by atoms with Gasteiger partial charge in [-0.25, -0.2) is 0 Å². The van der Waals surface area contributed by atoms with Gasteiger partial charge in [-0.1, -0.05) is 34.1 Å². The first-order valence-corrected chi connectivity index (χ1v) is 7.19. The normalized spacial score (nSPS) is 25.6. The van der Waals surface area contributed by atoms with Crippen molar-refractivity contribution in [3.63, 3.8) is 0 Å². The van der Waals surface area contributed by atoms with Crippen LogP contribution in [0.4, 0.5) is 0 Å². The molecule has 2 N–H and O–H groups in total. The minimum Gasteiger partial charge on any atom is -0.396 e. The molecule has 1 atom stereocenters. The van der Waals surface area contributed by atoms with Crippen molar-refractivity contribution in [2.75, 3.05) is 13.2 Å². The number of hydrogen-bond acceptors (Lipinski definition) is 2. The van der Waals surface area contributed by atoms with E-state index in [1.165, 1.54) is 32.1 Å². The highest BCUT2D eigenvalue weighted by Gasteiger charge is 2.25. The van der Waals surface area contributed by atoms with Gasteiger partial charge in [-0.15, -0.1) is 0 Å². The van der Waals surface area contributed by atoms with Crippen LogP contribution >= 0.6 is 0 Å². The van der Waals surface area contributed by atoms with Crippen molar-refractivity contribution in [3.05, 3.63) is 0 Å². The Kier molecular flexibility index (Phi) is 5.46. The van der Waals surface area contributed by atoms with E-state index in [0.717, 1.165) is 13.0 Å². The van der Waals surface area contributed by atoms with E-state index in [-0.39, 0.29) is 5.41 Å². The van der Waals surface area contributed by atoms with Gasteiger partial charge in [0.25, 0.3) is 0 Å². The number of nitrogens with one attached hydrogen (secondary N) is 1. The average Bonchev–Trinajstić information content (AvgIpc) is 2.37. The van der Waals surface area contributed by atoms with E-state index in [9.17, 15) is 0 Å². The molecular formula is C15H31NO. The van der Waals surface area contributed by atoms with Gasteiger partial charge in [-0.05, 0) is 42.9 Å². The molecule has 102 valence electrons. The molecule has 0 aliphatic heterocycles. The lowest BCUT2D eigenvalue weighted by Crippen LogP contribution is -2.37. The van der Waals surface area contributed by atoms with Crippen molar-refractivity contribution in [2.45, 2.75) is 72.3 Å². The molecule has 0 spiro atoms. The summed E-state index contributed by atoms with van der Waals surface area (Å²) in [5, 5.41) is 12.7. The number of aliphatic hydroxyl groups is 1. The second-order valence-corrected chi connectivity index (χ2v) is 7.31. The summed E-state index contributed by atoms with van der Waals surface area (Å²) in [5.74, 6) is 0. The van der Waals surface area contributed by atoms with Crippen LogP contribution in [-0.2, 0) is 0 Å². The molecule has 0 heterocycles. The van der Waals surface area contributed by atoms with Gasteiger partial charge in [0.15, 0.2) is 0 Å². The summed E-state index contributed by atoms with van der Waals surface area (Å²) < 4.78 is 0. The van der Waals surface area contributed by atoms with Crippen LogP contribution in [0.25, 0.3) is 0 Å². The van der Waals surface area contributed by atoms with Crippen LogP contribution < -0.4 is 5.32 Å². The molecule has 0 bridgehead atoms. The molecule has 2 nitrogen and oxygen atoms in total. The van der Waals surface area contributed by atoms with Crippen LogP contribution in [0.5, 0.6) is 0 Å². The standard InChI is InChI=1S/C15H31NO/c1-14(2)8-5-6-13(7-9-14)16-12-15(3,4)10-11-17/h13,16-17H,5-12H2,1-4H3. The van der Waals surface area contributed by atoms with Gasteiger partial charge in [0, 0.05) is 19.2 Å². The molecule has 0 aromatic carbocycles. The number of aliphatic hydroxyl groups excluding tert-OH is 1. The van der Waals surface area contributed by atoms with E-state index in [4.69, 9.17) is 5.11 Å². The highest BCUT2D eigenvalue weighted by molar-refractivity contribution is 4.81. The summed E-state index contributed by atoms with van der Waals surface area (Å²) in [5.41, 5.74) is 0.758. The summed E-state index contributed by atoms with van der Waals surface area (Å²) in [6.07, 6.45) is 7.57. The summed E-state index contributed by atoms with van der Waals surface area (Å²) in [7, 11) is 0. The number of hydrogen-bond donors (Lipinski definition) is 2. The van der Waals surface area contributed by atoms with E-state index in [1.807, 2.05) is 0 Å². The first-order chi connectivity index (χ1) is 7.85. The van der Waals surface area contributed by atoms with E-state index in [0.29, 0.717) is 18.1 Å². The van der Waals surface area contributed by atoms with Crippen LogP contribution in [0.2, 0.25) is 0 Å². The Morgan fingerprint density at radius 1 is 1.24 bits per heavy atom. The number of rotatable bonds is 5. The minimum atomic E-state index is 0.219. The second-order valence-electron chi connectivity index (χ2n) is 7.31. The maximum atomic E-state index is 9.02. The van der Waals surface area contributed by atoms with Crippen LogP contribution in [0.15, 0.2) is 0 Å². The third kappa shape index (κ3) is 5.87. The van der Waals surface area contributed by atoms with Crippen molar-refractivity contribution >= 4 is 0 Å². The summed E-state index contributed by atoms with van der Waals surface area (Å²) in [6.45, 7) is 10.6. The fourth-order valence-electron chi connectivity index (χ4n) is 2.68. The monoisotopic (exact) mass is 241 g/mol. The van der Waals surface area contributed by atoms with Crippen molar-refractivity contribution in [2.24, 2.45) is 10.8 Å². The molecule has 0 aromatic rings. The molecule has 1 fully saturated rings. The van der Waals surface area contributed by atoms with Crippen LogP contribution in [-0.4, -0.2) is 24.3 Å². The van der Waals surface area contributed by atoms with Gasteiger partial charge in [-0.3, -0.25) is 0 Å². The van der Waals surface area contributed by atoms with Gasteiger partial charge in [0.05, 0.1) is 0 Å². The molecule has 2 heteroatoms. The Bertz CT molecular complexity index is 223. The zero-order chi connectivity index (χ0) is 12.9. The topological polar surface area (TPSA) is 32.3 Å². The van der Waals surface area contributed by atoms with E-state index >= 15 is 0 Å². The smallest absolute Gasteiger partial charge is 0.0436 e. The molecule has 0 radical (unpaired) electrons. The average molecular weight is 241 g/mol. The molecule has 0 saturated heterocycles. The molecule has 1 rings (SSSR count). The molecule has 0 amide bonds. The Balaban J connectivity index is 2.32. The fraction of sp³-hybridized carbons (Fsp3) is 1.00. The zero-order valence-electron chi connectivity index (χ0n) is 12.2. The Morgan fingerprint density at radius 2 is 1.94 bits per heavy atom. The lowest BCUT2D eigenvalue weighted by molar-refractivity contribution is 0.200. The maximum absolute atomic E-state index is 9.02. The molecule has 1 aliphatic rings. The molecule has 0 aromatic heterocycles. The van der Waals surface area contributed by atoms with Gasteiger partial charge < -0.3 is 10.4 Å². The van der Waals surface area contributed by atoms with Crippen molar-refractivity contribution in [1.82, 2.24) is 5.32 Å². The molecular weight excluding hydrogens is 210 g/mol. The largest absolute Gasteiger partial charge is 0.396 e. The van der Waals surface area contributed by atoms with Crippen molar-refractivity contribution in [1.29, 1.82) is 0 Å². The van der Waals surface area contributed by atoms with Gasteiger partial charge in [0.2, 0.25) is 0 Å². The highest BCUT2D eigenvalue weighted by Crippen LogP contribution is 2.34. The van der Waals surface area contributed by atoms with Crippen LogP contribution in [0.3, 0.4) is 0 Å². The summed E-state index contributed by atoms with van der Waals surface area (Å²) >= 11 is 0. The van der Waals surface area contributed by atoms with Gasteiger partial charge in [0.1, 0.15) is 0 Å². The van der Waals surface area contributed by atoms with Crippen molar-refractivity contribution in [3.8, 4) is 0 Å². The Labute approximate surface area is 107 Å². The Morgan fingerprint density at radius 3 is 2.59 bits per heavy atom. The lowest BCUT2D eigenvalue weighted by Gasteiger charge is -2.28. The SMILES string of the molecule is CC1(C)CCCC(NCC(C)(C)CCO)CC1. The second kappa shape index (κ2) is 6.19. The van der Waals surface area contributed by atoms with E-state index in [2.05, 4.69) is 33.0 Å². The predicted octanol–water partition coefficient (Wildman–Crippen LogP) is 3.34.